The van der Waals surface area contributed by atoms with E-state index in [2.05, 4.69) is 19.2 Å². The van der Waals surface area contributed by atoms with Gasteiger partial charge in [0.15, 0.2) is 0 Å². The van der Waals surface area contributed by atoms with E-state index >= 15 is 0 Å². The SMILES string of the molecule is CC(C)(CC(C)(C)c1ccc(Cl)cc1)C(=O)Nc1ccc(CCO)cc1. The van der Waals surface area contributed by atoms with Gasteiger partial charge in [-0.25, -0.2) is 0 Å². The Kier molecular flexibility index (Phi) is 6.48. The van der Waals surface area contributed by atoms with Crippen molar-refractivity contribution in [1.29, 1.82) is 0 Å². The van der Waals surface area contributed by atoms with Gasteiger partial charge in [-0.2, -0.15) is 0 Å². The Morgan fingerprint density at radius 3 is 2.12 bits per heavy atom. The number of carbonyl (C=O) groups excluding carboxylic acids is 1. The highest BCUT2D eigenvalue weighted by atomic mass is 35.5. The predicted molar refractivity (Wildman–Crippen MR) is 109 cm³/mol. The molecule has 2 aromatic carbocycles. The van der Waals surface area contributed by atoms with Crippen LogP contribution in [0, 0.1) is 5.41 Å². The van der Waals surface area contributed by atoms with Crippen LogP contribution in [0.25, 0.3) is 0 Å². The number of halogens is 1. The van der Waals surface area contributed by atoms with Crippen LogP contribution in [0.5, 0.6) is 0 Å². The van der Waals surface area contributed by atoms with Gasteiger partial charge in [-0.3, -0.25) is 4.79 Å². The zero-order valence-electron chi connectivity index (χ0n) is 16.0. The Balaban J connectivity index is 2.07. The summed E-state index contributed by atoms with van der Waals surface area (Å²) in [6, 6.07) is 15.4. The van der Waals surface area contributed by atoms with E-state index < -0.39 is 5.41 Å². The van der Waals surface area contributed by atoms with E-state index in [-0.39, 0.29) is 17.9 Å². The van der Waals surface area contributed by atoms with Crippen molar-refractivity contribution >= 4 is 23.2 Å². The van der Waals surface area contributed by atoms with Crippen LogP contribution in [-0.2, 0) is 16.6 Å². The highest BCUT2D eigenvalue weighted by molar-refractivity contribution is 6.30. The van der Waals surface area contributed by atoms with Crippen LogP contribution in [0.15, 0.2) is 48.5 Å². The topological polar surface area (TPSA) is 49.3 Å². The fourth-order valence-corrected chi connectivity index (χ4v) is 3.50. The molecule has 4 heteroatoms. The number of anilines is 1. The lowest BCUT2D eigenvalue weighted by atomic mass is 9.71. The van der Waals surface area contributed by atoms with Crippen molar-refractivity contribution in [3.05, 3.63) is 64.7 Å². The van der Waals surface area contributed by atoms with Crippen molar-refractivity contribution in [2.75, 3.05) is 11.9 Å². The molecule has 2 aromatic rings. The minimum atomic E-state index is -0.535. The number of amides is 1. The van der Waals surface area contributed by atoms with Crippen LogP contribution in [0.2, 0.25) is 5.02 Å². The lowest BCUT2D eigenvalue weighted by Crippen LogP contribution is -2.36. The average Bonchev–Trinajstić information content (AvgIpc) is 2.56. The molecule has 3 nitrogen and oxygen atoms in total. The van der Waals surface area contributed by atoms with E-state index in [9.17, 15) is 4.79 Å². The van der Waals surface area contributed by atoms with Gasteiger partial charge >= 0.3 is 0 Å². The number of hydrogen-bond donors (Lipinski definition) is 2. The predicted octanol–water partition coefficient (Wildman–Crippen LogP) is 5.21. The summed E-state index contributed by atoms with van der Waals surface area (Å²) in [4.78, 5) is 12.8. The molecule has 2 N–H and O–H groups in total. The highest BCUT2D eigenvalue weighted by Gasteiger charge is 2.35. The molecule has 0 aliphatic rings. The van der Waals surface area contributed by atoms with E-state index in [1.807, 2.05) is 62.4 Å². The maximum Gasteiger partial charge on any atom is 0.230 e. The van der Waals surface area contributed by atoms with Gasteiger partial charge < -0.3 is 10.4 Å². The summed E-state index contributed by atoms with van der Waals surface area (Å²) in [5.41, 5.74) is 2.29. The summed E-state index contributed by atoms with van der Waals surface area (Å²) in [5, 5.41) is 12.7. The molecule has 0 aromatic heterocycles. The quantitative estimate of drug-likeness (QED) is 0.700. The van der Waals surface area contributed by atoms with Crippen LogP contribution in [-0.4, -0.2) is 17.6 Å². The van der Waals surface area contributed by atoms with E-state index in [0.717, 1.165) is 16.8 Å². The molecule has 0 saturated carbocycles. The van der Waals surface area contributed by atoms with Crippen LogP contribution < -0.4 is 5.32 Å². The molecule has 2 rings (SSSR count). The molecule has 0 fully saturated rings. The minimum absolute atomic E-state index is 0.00514. The van der Waals surface area contributed by atoms with Crippen LogP contribution in [0.1, 0.15) is 45.2 Å². The van der Waals surface area contributed by atoms with Gasteiger partial charge in [0.2, 0.25) is 5.91 Å². The van der Waals surface area contributed by atoms with Crippen LogP contribution in [0.3, 0.4) is 0 Å². The second kappa shape index (κ2) is 8.24. The molecular formula is C22H28ClNO2. The number of nitrogens with one attached hydrogen (secondary N) is 1. The first kappa shape index (κ1) is 20.5. The van der Waals surface area contributed by atoms with Gasteiger partial charge in [-0.15, -0.1) is 0 Å². The van der Waals surface area contributed by atoms with E-state index in [1.165, 1.54) is 0 Å². The minimum Gasteiger partial charge on any atom is -0.396 e. The van der Waals surface area contributed by atoms with E-state index in [4.69, 9.17) is 16.7 Å². The van der Waals surface area contributed by atoms with Gasteiger partial charge in [0.1, 0.15) is 0 Å². The molecular weight excluding hydrogens is 346 g/mol. The second-order valence-electron chi connectivity index (χ2n) is 8.08. The molecule has 0 saturated heterocycles. The number of benzene rings is 2. The van der Waals surface area contributed by atoms with Gasteiger partial charge in [0.25, 0.3) is 0 Å². The molecule has 140 valence electrons. The summed E-state index contributed by atoms with van der Waals surface area (Å²) in [6.45, 7) is 8.36. The molecule has 0 spiro atoms. The van der Waals surface area contributed by atoms with E-state index in [0.29, 0.717) is 17.9 Å². The molecule has 1 amide bonds. The largest absolute Gasteiger partial charge is 0.396 e. The first-order valence-corrected chi connectivity index (χ1v) is 9.29. The molecule has 26 heavy (non-hydrogen) atoms. The third-order valence-corrected chi connectivity index (χ3v) is 4.99. The standard InChI is InChI=1S/C22H28ClNO2/c1-21(2,17-7-9-18(23)10-8-17)15-22(3,4)20(26)24-19-11-5-16(6-12-19)13-14-25/h5-12,25H,13-15H2,1-4H3,(H,24,26). The average molecular weight is 374 g/mol. The summed E-state index contributed by atoms with van der Waals surface area (Å²) in [7, 11) is 0. The molecule has 0 unspecified atom stereocenters. The lowest BCUT2D eigenvalue weighted by Gasteiger charge is -2.34. The summed E-state index contributed by atoms with van der Waals surface area (Å²) in [6.07, 6.45) is 1.32. The van der Waals surface area contributed by atoms with Crippen molar-refractivity contribution in [1.82, 2.24) is 0 Å². The summed E-state index contributed by atoms with van der Waals surface area (Å²) in [5.74, 6) is -0.00514. The highest BCUT2D eigenvalue weighted by Crippen LogP contribution is 2.37. The number of hydrogen-bond acceptors (Lipinski definition) is 2. The van der Waals surface area contributed by atoms with Crippen molar-refractivity contribution < 1.29 is 9.90 Å². The normalized spacial score (nSPS) is 12.1. The Morgan fingerprint density at radius 1 is 1.00 bits per heavy atom. The molecule has 0 bridgehead atoms. The van der Waals surface area contributed by atoms with E-state index in [1.54, 1.807) is 0 Å². The van der Waals surface area contributed by atoms with Crippen molar-refractivity contribution in [3.8, 4) is 0 Å². The van der Waals surface area contributed by atoms with Gasteiger partial charge in [0.05, 0.1) is 0 Å². The first-order valence-electron chi connectivity index (χ1n) is 8.91. The van der Waals surface area contributed by atoms with Gasteiger partial charge in [-0.05, 0) is 53.6 Å². The Bertz CT molecular complexity index is 734. The molecule has 0 atom stereocenters. The summed E-state index contributed by atoms with van der Waals surface area (Å²) < 4.78 is 0. The number of aliphatic hydroxyl groups is 1. The number of carbonyl (C=O) groups is 1. The third-order valence-electron chi connectivity index (χ3n) is 4.74. The lowest BCUT2D eigenvalue weighted by molar-refractivity contribution is -0.124. The monoisotopic (exact) mass is 373 g/mol. The Morgan fingerprint density at radius 2 is 1.58 bits per heavy atom. The molecule has 0 aliphatic carbocycles. The number of rotatable bonds is 7. The fraction of sp³-hybridized carbons (Fsp3) is 0.409. The third kappa shape index (κ3) is 5.33. The maximum absolute atomic E-state index is 12.8. The zero-order chi connectivity index (χ0) is 19.4. The zero-order valence-corrected chi connectivity index (χ0v) is 16.7. The number of aliphatic hydroxyl groups excluding tert-OH is 1. The molecule has 0 heterocycles. The molecule has 0 aliphatic heterocycles. The maximum atomic E-state index is 12.8. The Labute approximate surface area is 161 Å². The Hall–Kier alpha value is -1.84. The van der Waals surface area contributed by atoms with Crippen molar-refractivity contribution in [2.45, 2.75) is 46.0 Å². The van der Waals surface area contributed by atoms with Crippen molar-refractivity contribution in [3.63, 3.8) is 0 Å². The van der Waals surface area contributed by atoms with Gasteiger partial charge in [-0.1, -0.05) is 63.6 Å². The molecule has 0 radical (unpaired) electrons. The summed E-state index contributed by atoms with van der Waals surface area (Å²) >= 11 is 5.99. The van der Waals surface area contributed by atoms with Crippen LogP contribution in [0.4, 0.5) is 5.69 Å². The fourth-order valence-electron chi connectivity index (χ4n) is 3.37. The second-order valence-corrected chi connectivity index (χ2v) is 8.51. The van der Waals surface area contributed by atoms with Gasteiger partial charge in [0, 0.05) is 22.7 Å². The smallest absolute Gasteiger partial charge is 0.230 e. The first-order chi connectivity index (χ1) is 12.1. The van der Waals surface area contributed by atoms with Crippen LogP contribution >= 0.6 is 11.6 Å². The van der Waals surface area contributed by atoms with Crippen molar-refractivity contribution in [2.24, 2.45) is 5.41 Å².